The SMILES string of the molecule is CCOC(C)OCC.NC=O. The molecule has 0 atom stereocenters. The second-order valence-corrected chi connectivity index (χ2v) is 1.61. The van der Waals surface area contributed by atoms with E-state index >= 15 is 0 Å². The van der Waals surface area contributed by atoms with Gasteiger partial charge in [-0.2, -0.15) is 0 Å². The standard InChI is InChI=1S/C6H14O2.CH3NO/c1-4-7-6(3)8-5-2;2-1-3/h6H,4-5H2,1-3H3;1H,(H2,2,3). The highest BCUT2D eigenvalue weighted by molar-refractivity contribution is 5.42. The topological polar surface area (TPSA) is 61.6 Å². The molecule has 0 aromatic carbocycles. The fraction of sp³-hybridized carbons (Fsp3) is 0.857. The van der Waals surface area contributed by atoms with Crippen LogP contribution in [-0.2, 0) is 14.3 Å². The van der Waals surface area contributed by atoms with Gasteiger partial charge in [0.15, 0.2) is 6.29 Å². The summed E-state index contributed by atoms with van der Waals surface area (Å²) in [4.78, 5) is 8.58. The molecular formula is C7H17NO3. The van der Waals surface area contributed by atoms with Gasteiger partial charge in [0.2, 0.25) is 6.41 Å². The molecule has 0 radical (unpaired) electrons. The molecule has 4 heteroatoms. The monoisotopic (exact) mass is 163 g/mol. The van der Waals surface area contributed by atoms with Gasteiger partial charge in [-0.05, 0) is 20.8 Å². The molecule has 0 spiro atoms. The third-order valence-electron chi connectivity index (χ3n) is 0.803. The van der Waals surface area contributed by atoms with Crippen molar-refractivity contribution in [3.8, 4) is 0 Å². The van der Waals surface area contributed by atoms with E-state index in [1.54, 1.807) is 0 Å². The zero-order valence-corrected chi connectivity index (χ0v) is 7.37. The summed E-state index contributed by atoms with van der Waals surface area (Å²) in [6.45, 7) is 7.25. The molecule has 0 aliphatic rings. The first kappa shape index (κ1) is 13.0. The minimum atomic E-state index is -0.0370. The molecule has 0 rings (SSSR count). The number of nitrogens with two attached hydrogens (primary N) is 1. The van der Waals surface area contributed by atoms with Gasteiger partial charge in [-0.3, -0.25) is 4.79 Å². The van der Waals surface area contributed by atoms with Crippen LogP contribution in [0.4, 0.5) is 0 Å². The van der Waals surface area contributed by atoms with Crippen LogP contribution in [0.15, 0.2) is 0 Å². The number of hydrogen-bond donors (Lipinski definition) is 1. The third kappa shape index (κ3) is 17.7. The van der Waals surface area contributed by atoms with Crippen LogP contribution in [0.3, 0.4) is 0 Å². The molecular weight excluding hydrogens is 146 g/mol. The Kier molecular flexibility index (Phi) is 14.3. The van der Waals surface area contributed by atoms with Gasteiger partial charge in [0.05, 0.1) is 0 Å². The van der Waals surface area contributed by atoms with Gasteiger partial charge in [0.1, 0.15) is 0 Å². The summed E-state index contributed by atoms with van der Waals surface area (Å²) >= 11 is 0. The first-order valence-corrected chi connectivity index (χ1v) is 3.61. The fourth-order valence-corrected chi connectivity index (χ4v) is 0.518. The van der Waals surface area contributed by atoms with Crippen LogP contribution in [0.25, 0.3) is 0 Å². The van der Waals surface area contributed by atoms with Crippen molar-refractivity contribution in [2.75, 3.05) is 13.2 Å². The molecule has 11 heavy (non-hydrogen) atoms. The predicted octanol–water partition coefficient (Wildman–Crippen LogP) is 0.507. The van der Waals surface area contributed by atoms with E-state index in [2.05, 4.69) is 5.73 Å². The van der Waals surface area contributed by atoms with Crippen molar-refractivity contribution in [3.63, 3.8) is 0 Å². The number of hydrogen-bond acceptors (Lipinski definition) is 3. The van der Waals surface area contributed by atoms with Crippen LogP contribution in [0.2, 0.25) is 0 Å². The van der Waals surface area contributed by atoms with Gasteiger partial charge in [-0.25, -0.2) is 0 Å². The Morgan fingerprint density at radius 2 is 1.64 bits per heavy atom. The fourth-order valence-electron chi connectivity index (χ4n) is 0.518. The smallest absolute Gasteiger partial charge is 0.204 e. The van der Waals surface area contributed by atoms with Gasteiger partial charge in [-0.1, -0.05) is 0 Å². The van der Waals surface area contributed by atoms with Crippen LogP contribution in [0, 0.1) is 0 Å². The van der Waals surface area contributed by atoms with Crippen molar-refractivity contribution in [2.45, 2.75) is 27.1 Å². The van der Waals surface area contributed by atoms with Gasteiger partial charge < -0.3 is 15.2 Å². The molecule has 0 unspecified atom stereocenters. The van der Waals surface area contributed by atoms with E-state index in [1.807, 2.05) is 20.8 Å². The number of carbonyl (C=O) groups is 1. The van der Waals surface area contributed by atoms with Crippen LogP contribution >= 0.6 is 0 Å². The molecule has 0 bridgehead atoms. The first-order valence-electron chi connectivity index (χ1n) is 3.61. The first-order chi connectivity index (χ1) is 5.22. The van der Waals surface area contributed by atoms with E-state index in [9.17, 15) is 0 Å². The molecule has 0 aromatic heterocycles. The van der Waals surface area contributed by atoms with Gasteiger partial charge in [0.25, 0.3) is 0 Å². The van der Waals surface area contributed by atoms with E-state index in [0.717, 1.165) is 13.2 Å². The largest absolute Gasteiger partial charge is 0.372 e. The van der Waals surface area contributed by atoms with Gasteiger partial charge in [0, 0.05) is 13.2 Å². The van der Waals surface area contributed by atoms with E-state index in [0.29, 0.717) is 0 Å². The van der Waals surface area contributed by atoms with Crippen molar-refractivity contribution in [1.82, 2.24) is 0 Å². The minimum Gasteiger partial charge on any atom is -0.372 e. The maximum Gasteiger partial charge on any atom is 0.204 e. The average molecular weight is 163 g/mol. The van der Waals surface area contributed by atoms with Crippen molar-refractivity contribution < 1.29 is 14.3 Å². The van der Waals surface area contributed by atoms with Crippen molar-refractivity contribution >= 4 is 6.41 Å². The normalized spacial score (nSPS) is 8.73. The Hall–Kier alpha value is -0.610. The highest BCUT2D eigenvalue weighted by Gasteiger charge is 1.94. The number of ether oxygens (including phenoxy) is 2. The summed E-state index contributed by atoms with van der Waals surface area (Å²) in [6, 6.07) is 0. The third-order valence-corrected chi connectivity index (χ3v) is 0.803. The van der Waals surface area contributed by atoms with Crippen LogP contribution in [0.5, 0.6) is 0 Å². The lowest BCUT2D eigenvalue weighted by atomic mass is 10.7. The molecule has 1 amide bonds. The summed E-state index contributed by atoms with van der Waals surface area (Å²) in [6.07, 6.45) is 0.213. The molecule has 0 aliphatic carbocycles. The number of rotatable bonds is 4. The number of amides is 1. The maximum atomic E-state index is 8.58. The second-order valence-electron chi connectivity index (χ2n) is 1.61. The molecule has 0 aromatic rings. The highest BCUT2D eigenvalue weighted by Crippen LogP contribution is 1.90. The predicted molar refractivity (Wildman–Crippen MR) is 43.0 cm³/mol. The molecule has 4 nitrogen and oxygen atoms in total. The summed E-state index contributed by atoms with van der Waals surface area (Å²) in [5, 5.41) is 0. The van der Waals surface area contributed by atoms with Gasteiger partial charge >= 0.3 is 0 Å². The van der Waals surface area contributed by atoms with Crippen molar-refractivity contribution in [3.05, 3.63) is 0 Å². The average Bonchev–Trinajstić information content (AvgIpc) is 1.90. The van der Waals surface area contributed by atoms with Gasteiger partial charge in [-0.15, -0.1) is 0 Å². The molecule has 68 valence electrons. The van der Waals surface area contributed by atoms with Crippen LogP contribution < -0.4 is 5.73 Å². The molecule has 0 saturated heterocycles. The Labute approximate surface area is 67.7 Å². The second kappa shape index (κ2) is 12.1. The van der Waals surface area contributed by atoms with E-state index in [1.165, 1.54) is 0 Å². The molecule has 0 fully saturated rings. The van der Waals surface area contributed by atoms with E-state index in [-0.39, 0.29) is 12.7 Å². The molecule has 0 saturated carbocycles. The lowest BCUT2D eigenvalue weighted by Gasteiger charge is -2.09. The molecule has 2 N–H and O–H groups in total. The molecule has 0 heterocycles. The van der Waals surface area contributed by atoms with Crippen LogP contribution in [0.1, 0.15) is 20.8 Å². The summed E-state index contributed by atoms with van der Waals surface area (Å²) < 4.78 is 10.1. The lowest BCUT2D eigenvalue weighted by molar-refractivity contribution is -0.123. The quantitative estimate of drug-likeness (QED) is 0.485. The minimum absolute atomic E-state index is 0.0370. The zero-order valence-electron chi connectivity index (χ0n) is 7.37. The Balaban J connectivity index is 0. The van der Waals surface area contributed by atoms with Crippen molar-refractivity contribution in [2.24, 2.45) is 5.73 Å². The maximum absolute atomic E-state index is 8.58. The van der Waals surface area contributed by atoms with E-state index in [4.69, 9.17) is 14.3 Å². The Bertz CT molecular complexity index is 72.1. The summed E-state index contributed by atoms with van der Waals surface area (Å²) in [5.74, 6) is 0. The summed E-state index contributed by atoms with van der Waals surface area (Å²) in [7, 11) is 0. The van der Waals surface area contributed by atoms with Crippen LogP contribution in [-0.4, -0.2) is 25.9 Å². The zero-order chi connectivity index (χ0) is 9.11. The van der Waals surface area contributed by atoms with E-state index < -0.39 is 0 Å². The summed E-state index contributed by atoms with van der Waals surface area (Å²) in [5.41, 5.74) is 4.17. The Morgan fingerprint density at radius 3 is 1.82 bits per heavy atom. The molecule has 0 aliphatic heterocycles. The van der Waals surface area contributed by atoms with Crippen molar-refractivity contribution in [1.29, 1.82) is 0 Å². The lowest BCUT2D eigenvalue weighted by Crippen LogP contribution is -2.11. The Morgan fingerprint density at radius 1 is 1.36 bits per heavy atom. The number of primary amides is 1. The highest BCUT2D eigenvalue weighted by atomic mass is 16.7. The number of carbonyl (C=O) groups excluding carboxylic acids is 1.